The molecule has 0 unspecified atom stereocenters. The van der Waals surface area contributed by atoms with Crippen LogP contribution in [-0.2, 0) is 5.41 Å². The van der Waals surface area contributed by atoms with E-state index in [1.807, 2.05) is 36.4 Å². The van der Waals surface area contributed by atoms with Crippen molar-refractivity contribution >= 4 is 29.8 Å². The average Bonchev–Trinajstić information content (AvgIpc) is 2.80. The predicted molar refractivity (Wildman–Crippen MR) is 125 cm³/mol. The number of rotatable bonds is 5. The van der Waals surface area contributed by atoms with Crippen LogP contribution in [0.2, 0.25) is 5.02 Å². The Hall–Kier alpha value is -2.47. The van der Waals surface area contributed by atoms with Crippen LogP contribution < -0.4 is 11.3 Å². The Morgan fingerprint density at radius 1 is 1.06 bits per heavy atom. The molecule has 1 aliphatic carbocycles. The Bertz CT molecular complexity index is 1110. The molecular formula is C24H25Cl2N3O2. The van der Waals surface area contributed by atoms with Crippen molar-refractivity contribution in [1.29, 1.82) is 0 Å². The zero-order valence-corrected chi connectivity index (χ0v) is 18.6. The van der Waals surface area contributed by atoms with E-state index in [1.165, 1.54) is 16.8 Å². The Morgan fingerprint density at radius 3 is 2.42 bits per heavy atom. The number of hydrogen-bond donors (Lipinski definition) is 1. The summed E-state index contributed by atoms with van der Waals surface area (Å²) < 4.78 is 1.48. The van der Waals surface area contributed by atoms with Gasteiger partial charge in [0.2, 0.25) is 5.78 Å². The van der Waals surface area contributed by atoms with E-state index in [0.29, 0.717) is 17.1 Å². The minimum absolute atomic E-state index is 0. The fourth-order valence-electron chi connectivity index (χ4n) is 4.37. The summed E-state index contributed by atoms with van der Waals surface area (Å²) in [6.45, 7) is 0.523. The predicted octanol–water partition coefficient (Wildman–Crippen LogP) is 4.56. The van der Waals surface area contributed by atoms with Crippen LogP contribution in [0, 0.1) is 0 Å². The molecule has 0 amide bonds. The summed E-state index contributed by atoms with van der Waals surface area (Å²) in [6.07, 6.45) is 3.19. The Balaban J connectivity index is 0.00000272. The van der Waals surface area contributed by atoms with Crippen molar-refractivity contribution in [2.75, 3.05) is 6.54 Å². The van der Waals surface area contributed by atoms with E-state index in [1.54, 1.807) is 12.1 Å². The first kappa shape index (κ1) is 23.2. The third-order valence-electron chi connectivity index (χ3n) is 6.18. The standard InChI is InChI=1S/C24H24ClN3O2.ClH/c25-19-8-4-7-18(15-19)24(16-26)13-11-20(12-14-24)28-22(29)10-9-21(27-28)23(30)17-5-2-1-3-6-17;/h1-10,15,20H,11-14,16,26H2;1H. The number of benzene rings is 2. The number of carbonyl (C=O) groups is 1. The summed E-state index contributed by atoms with van der Waals surface area (Å²) >= 11 is 6.20. The normalized spacial score (nSPS) is 20.6. The van der Waals surface area contributed by atoms with Crippen molar-refractivity contribution in [2.45, 2.75) is 37.1 Å². The first-order chi connectivity index (χ1) is 14.5. The van der Waals surface area contributed by atoms with Gasteiger partial charge in [0.25, 0.3) is 5.56 Å². The van der Waals surface area contributed by atoms with Gasteiger partial charge in [-0.1, -0.05) is 54.1 Å². The summed E-state index contributed by atoms with van der Waals surface area (Å²) in [5.41, 5.74) is 7.84. The maximum Gasteiger partial charge on any atom is 0.267 e. The number of halogens is 2. The van der Waals surface area contributed by atoms with Gasteiger partial charge < -0.3 is 5.73 Å². The molecule has 1 aromatic heterocycles. The molecule has 31 heavy (non-hydrogen) atoms. The summed E-state index contributed by atoms with van der Waals surface area (Å²) in [6, 6.07) is 19.7. The summed E-state index contributed by atoms with van der Waals surface area (Å²) in [4.78, 5) is 25.3. The average molecular weight is 458 g/mol. The molecule has 3 aromatic rings. The number of nitrogens with two attached hydrogens (primary N) is 1. The first-order valence-electron chi connectivity index (χ1n) is 10.2. The smallest absolute Gasteiger partial charge is 0.267 e. The SMILES string of the molecule is Cl.NCC1(c2cccc(Cl)c2)CCC(n2nc(C(=O)c3ccccc3)ccc2=O)CC1. The highest BCUT2D eigenvalue weighted by Gasteiger charge is 2.37. The van der Waals surface area contributed by atoms with Crippen LogP contribution in [0.3, 0.4) is 0 Å². The van der Waals surface area contributed by atoms with Gasteiger partial charge in [-0.25, -0.2) is 4.68 Å². The molecule has 2 N–H and O–H groups in total. The topological polar surface area (TPSA) is 78.0 Å². The van der Waals surface area contributed by atoms with Crippen LogP contribution in [0.5, 0.6) is 0 Å². The van der Waals surface area contributed by atoms with Crippen molar-refractivity contribution in [3.63, 3.8) is 0 Å². The minimum Gasteiger partial charge on any atom is -0.330 e. The second-order valence-corrected chi connectivity index (χ2v) is 8.36. The van der Waals surface area contributed by atoms with Gasteiger partial charge in [-0.15, -0.1) is 12.4 Å². The van der Waals surface area contributed by atoms with Crippen LogP contribution in [-0.4, -0.2) is 22.1 Å². The van der Waals surface area contributed by atoms with E-state index >= 15 is 0 Å². The number of hydrogen-bond acceptors (Lipinski definition) is 4. The fourth-order valence-corrected chi connectivity index (χ4v) is 4.56. The maximum absolute atomic E-state index is 12.8. The molecule has 2 aromatic carbocycles. The highest BCUT2D eigenvalue weighted by atomic mass is 35.5. The summed E-state index contributed by atoms with van der Waals surface area (Å²) in [5.74, 6) is -0.185. The molecule has 5 nitrogen and oxygen atoms in total. The highest BCUT2D eigenvalue weighted by Crippen LogP contribution is 2.42. The van der Waals surface area contributed by atoms with Crippen molar-refractivity contribution in [3.8, 4) is 0 Å². The molecule has 0 atom stereocenters. The molecule has 0 bridgehead atoms. The van der Waals surface area contributed by atoms with Gasteiger partial charge in [0.1, 0.15) is 5.69 Å². The first-order valence-corrected chi connectivity index (χ1v) is 10.6. The van der Waals surface area contributed by atoms with Gasteiger partial charge in [0.15, 0.2) is 0 Å². The van der Waals surface area contributed by atoms with E-state index in [-0.39, 0.29) is 40.9 Å². The molecule has 0 spiro atoms. The lowest BCUT2D eigenvalue weighted by Crippen LogP contribution is -2.41. The molecule has 1 fully saturated rings. The number of ketones is 1. The van der Waals surface area contributed by atoms with Gasteiger partial charge in [-0.05, 0) is 49.4 Å². The molecule has 0 aliphatic heterocycles. The molecule has 0 saturated heterocycles. The third kappa shape index (κ3) is 4.74. The van der Waals surface area contributed by atoms with Gasteiger partial charge in [-0.2, -0.15) is 5.10 Å². The lowest BCUT2D eigenvalue weighted by molar-refractivity contribution is 0.103. The van der Waals surface area contributed by atoms with Gasteiger partial charge in [0, 0.05) is 28.6 Å². The lowest BCUT2D eigenvalue weighted by Gasteiger charge is -2.40. The van der Waals surface area contributed by atoms with Crippen molar-refractivity contribution in [3.05, 3.63) is 98.9 Å². The Kier molecular flexibility index (Phi) is 7.31. The monoisotopic (exact) mass is 457 g/mol. The van der Waals surface area contributed by atoms with E-state index in [2.05, 4.69) is 11.2 Å². The lowest BCUT2D eigenvalue weighted by atomic mass is 9.68. The highest BCUT2D eigenvalue weighted by molar-refractivity contribution is 6.30. The van der Waals surface area contributed by atoms with Crippen LogP contribution in [0.1, 0.15) is 53.3 Å². The quantitative estimate of drug-likeness (QED) is 0.569. The summed E-state index contributed by atoms with van der Waals surface area (Å²) in [5, 5.41) is 5.14. The molecule has 1 saturated carbocycles. The zero-order valence-electron chi connectivity index (χ0n) is 17.0. The Labute approximate surface area is 192 Å². The Morgan fingerprint density at radius 2 is 1.77 bits per heavy atom. The number of carbonyl (C=O) groups excluding carboxylic acids is 1. The van der Waals surface area contributed by atoms with Gasteiger partial charge >= 0.3 is 0 Å². The van der Waals surface area contributed by atoms with E-state index in [4.69, 9.17) is 17.3 Å². The van der Waals surface area contributed by atoms with Crippen molar-refractivity contribution < 1.29 is 4.79 Å². The fraction of sp³-hybridized carbons (Fsp3) is 0.292. The molecule has 0 radical (unpaired) electrons. The van der Waals surface area contributed by atoms with Crippen molar-refractivity contribution in [2.24, 2.45) is 5.73 Å². The maximum atomic E-state index is 12.8. The number of nitrogens with zero attached hydrogens (tertiary/aromatic N) is 2. The minimum atomic E-state index is -0.187. The molecule has 1 aliphatic rings. The molecule has 1 heterocycles. The largest absolute Gasteiger partial charge is 0.330 e. The zero-order chi connectivity index (χ0) is 21.1. The van der Waals surface area contributed by atoms with E-state index in [0.717, 1.165) is 31.2 Å². The van der Waals surface area contributed by atoms with Gasteiger partial charge in [0.05, 0.1) is 6.04 Å². The van der Waals surface area contributed by atoms with Gasteiger partial charge in [-0.3, -0.25) is 9.59 Å². The van der Waals surface area contributed by atoms with E-state index < -0.39 is 0 Å². The van der Waals surface area contributed by atoms with Crippen LogP contribution in [0.25, 0.3) is 0 Å². The second kappa shape index (κ2) is 9.77. The number of aromatic nitrogens is 2. The summed E-state index contributed by atoms with van der Waals surface area (Å²) in [7, 11) is 0. The van der Waals surface area contributed by atoms with Crippen LogP contribution in [0.4, 0.5) is 0 Å². The third-order valence-corrected chi connectivity index (χ3v) is 6.41. The van der Waals surface area contributed by atoms with Crippen LogP contribution in [0.15, 0.2) is 71.5 Å². The molecule has 4 rings (SSSR count). The molecule has 7 heteroatoms. The molecule has 162 valence electrons. The van der Waals surface area contributed by atoms with E-state index in [9.17, 15) is 9.59 Å². The van der Waals surface area contributed by atoms with Crippen molar-refractivity contribution in [1.82, 2.24) is 9.78 Å². The second-order valence-electron chi connectivity index (χ2n) is 7.92. The molecular weight excluding hydrogens is 433 g/mol. The van der Waals surface area contributed by atoms with Crippen LogP contribution >= 0.6 is 24.0 Å².